The zero-order valence-electron chi connectivity index (χ0n) is 8.11. The van der Waals surface area contributed by atoms with Crippen LogP contribution in [0.15, 0.2) is 24.3 Å². The highest BCUT2D eigenvalue weighted by Crippen LogP contribution is 2.25. The molecular formula is C11H15NOS. The Morgan fingerprint density at radius 1 is 1.29 bits per heavy atom. The van der Waals surface area contributed by atoms with Crippen LogP contribution in [0.5, 0.6) is 5.75 Å². The molecule has 76 valence electrons. The van der Waals surface area contributed by atoms with Crippen molar-refractivity contribution in [1.29, 1.82) is 0 Å². The third-order valence-electron chi connectivity index (χ3n) is 2.35. The lowest BCUT2D eigenvalue weighted by Gasteiger charge is -2.24. The van der Waals surface area contributed by atoms with Gasteiger partial charge in [0, 0.05) is 24.0 Å². The average Bonchev–Trinajstić information content (AvgIpc) is 2.16. The molecule has 0 aliphatic carbocycles. The maximum Gasteiger partial charge on any atom is 0.119 e. The van der Waals surface area contributed by atoms with E-state index in [1.807, 2.05) is 36.0 Å². The Balaban J connectivity index is 1.83. The molecule has 1 saturated heterocycles. The molecular weight excluding hydrogens is 194 g/mol. The smallest absolute Gasteiger partial charge is 0.119 e. The maximum atomic E-state index is 5.66. The first-order chi connectivity index (χ1) is 6.88. The van der Waals surface area contributed by atoms with E-state index < -0.39 is 0 Å². The third kappa shape index (κ3) is 2.42. The fourth-order valence-corrected chi connectivity index (χ4v) is 2.08. The summed E-state index contributed by atoms with van der Waals surface area (Å²) in [6.45, 7) is 1.45. The van der Waals surface area contributed by atoms with Gasteiger partial charge in [0.15, 0.2) is 0 Å². The molecule has 1 heterocycles. The van der Waals surface area contributed by atoms with E-state index in [9.17, 15) is 0 Å². The second-order valence-corrected chi connectivity index (χ2v) is 4.64. The summed E-state index contributed by atoms with van der Waals surface area (Å²) < 4.78 is 5.66. The monoisotopic (exact) mass is 209 g/mol. The molecule has 0 spiro atoms. The first kappa shape index (κ1) is 9.87. The van der Waals surface area contributed by atoms with Gasteiger partial charge in [-0.2, -0.15) is 11.8 Å². The lowest BCUT2D eigenvalue weighted by atomic mass is 10.2. The summed E-state index contributed by atoms with van der Waals surface area (Å²) in [6.07, 6.45) is 0. The number of thioether (sulfide) groups is 1. The third-order valence-corrected chi connectivity index (χ3v) is 3.77. The van der Waals surface area contributed by atoms with Gasteiger partial charge in [0.1, 0.15) is 5.75 Å². The molecule has 0 radical (unpaired) electrons. The van der Waals surface area contributed by atoms with E-state index >= 15 is 0 Å². The number of ether oxygens (including phenoxy) is 1. The molecule has 2 nitrogen and oxygen atoms in total. The van der Waals surface area contributed by atoms with E-state index in [2.05, 4.69) is 0 Å². The number of rotatable bonds is 4. The van der Waals surface area contributed by atoms with Crippen molar-refractivity contribution in [3.8, 4) is 5.75 Å². The van der Waals surface area contributed by atoms with Gasteiger partial charge in [-0.05, 0) is 17.7 Å². The lowest BCUT2D eigenvalue weighted by Crippen LogP contribution is -2.24. The van der Waals surface area contributed by atoms with E-state index in [1.54, 1.807) is 0 Å². The molecule has 1 fully saturated rings. The Bertz CT molecular complexity index is 282. The highest BCUT2D eigenvalue weighted by Gasteiger charge is 2.18. The molecule has 0 amide bonds. The molecule has 0 unspecified atom stereocenters. The molecule has 1 aliphatic heterocycles. The predicted octanol–water partition coefficient (Wildman–Crippen LogP) is 1.89. The topological polar surface area (TPSA) is 35.2 Å². The molecule has 2 N–H and O–H groups in total. The summed E-state index contributed by atoms with van der Waals surface area (Å²) in [5.74, 6) is 4.22. The zero-order chi connectivity index (χ0) is 9.80. The average molecular weight is 209 g/mol. The molecule has 1 aromatic rings. The molecule has 0 bridgehead atoms. The van der Waals surface area contributed by atoms with Crippen LogP contribution in [-0.2, 0) is 6.54 Å². The lowest BCUT2D eigenvalue weighted by molar-refractivity contribution is 0.270. The van der Waals surface area contributed by atoms with Crippen molar-refractivity contribution in [3.63, 3.8) is 0 Å². The summed E-state index contributed by atoms with van der Waals surface area (Å²) >= 11 is 1.99. The van der Waals surface area contributed by atoms with Crippen LogP contribution in [0.3, 0.4) is 0 Å². The van der Waals surface area contributed by atoms with Gasteiger partial charge in [0.2, 0.25) is 0 Å². The Morgan fingerprint density at radius 2 is 2.00 bits per heavy atom. The van der Waals surface area contributed by atoms with Gasteiger partial charge >= 0.3 is 0 Å². The minimum atomic E-state index is 0.597. The fraction of sp³-hybridized carbons (Fsp3) is 0.455. The van der Waals surface area contributed by atoms with Gasteiger partial charge < -0.3 is 10.5 Å². The number of hydrogen-bond donors (Lipinski definition) is 1. The van der Waals surface area contributed by atoms with Gasteiger partial charge in [-0.1, -0.05) is 12.1 Å². The van der Waals surface area contributed by atoms with Crippen molar-refractivity contribution in [3.05, 3.63) is 29.8 Å². The van der Waals surface area contributed by atoms with Crippen molar-refractivity contribution in [1.82, 2.24) is 0 Å². The molecule has 0 aromatic heterocycles. The summed E-state index contributed by atoms with van der Waals surface area (Å²) in [5.41, 5.74) is 6.66. The van der Waals surface area contributed by atoms with Crippen molar-refractivity contribution >= 4 is 11.8 Å². The van der Waals surface area contributed by atoms with Crippen molar-refractivity contribution in [2.75, 3.05) is 18.1 Å². The SMILES string of the molecule is NCc1ccc(OCC2CSC2)cc1. The molecule has 0 saturated carbocycles. The molecule has 0 atom stereocenters. The normalized spacial score (nSPS) is 16.4. The molecule has 1 aromatic carbocycles. The molecule has 14 heavy (non-hydrogen) atoms. The number of hydrogen-bond acceptors (Lipinski definition) is 3. The van der Waals surface area contributed by atoms with Crippen LogP contribution in [0, 0.1) is 5.92 Å². The van der Waals surface area contributed by atoms with Crippen molar-refractivity contribution in [2.24, 2.45) is 11.7 Å². The fourth-order valence-electron chi connectivity index (χ4n) is 1.32. The Labute approximate surface area is 88.8 Å². The highest BCUT2D eigenvalue weighted by atomic mass is 32.2. The van der Waals surface area contributed by atoms with Gasteiger partial charge in [-0.25, -0.2) is 0 Å². The van der Waals surface area contributed by atoms with Crippen LogP contribution < -0.4 is 10.5 Å². The number of nitrogens with two attached hydrogens (primary N) is 1. The van der Waals surface area contributed by atoms with E-state index in [-0.39, 0.29) is 0 Å². The number of benzene rings is 1. The van der Waals surface area contributed by atoms with E-state index in [4.69, 9.17) is 10.5 Å². The minimum absolute atomic E-state index is 0.597. The second kappa shape index (κ2) is 4.71. The standard InChI is InChI=1S/C11H15NOS/c12-5-9-1-3-11(4-2-9)13-6-10-7-14-8-10/h1-4,10H,5-8,12H2. The van der Waals surface area contributed by atoms with Crippen LogP contribution in [0.1, 0.15) is 5.56 Å². The van der Waals surface area contributed by atoms with Crippen molar-refractivity contribution in [2.45, 2.75) is 6.54 Å². The highest BCUT2D eigenvalue weighted by molar-refractivity contribution is 8.00. The van der Waals surface area contributed by atoms with Gasteiger partial charge in [-0.15, -0.1) is 0 Å². The quantitative estimate of drug-likeness (QED) is 0.822. The predicted molar refractivity (Wildman–Crippen MR) is 60.6 cm³/mol. The van der Waals surface area contributed by atoms with Crippen LogP contribution in [-0.4, -0.2) is 18.1 Å². The summed E-state index contributed by atoms with van der Waals surface area (Å²) in [4.78, 5) is 0. The molecule has 2 rings (SSSR count). The van der Waals surface area contributed by atoms with E-state index in [1.165, 1.54) is 11.5 Å². The first-order valence-electron chi connectivity index (χ1n) is 4.88. The maximum absolute atomic E-state index is 5.66. The Morgan fingerprint density at radius 3 is 2.50 bits per heavy atom. The van der Waals surface area contributed by atoms with Crippen LogP contribution in [0.2, 0.25) is 0 Å². The molecule has 3 heteroatoms. The van der Waals surface area contributed by atoms with Crippen LogP contribution in [0.25, 0.3) is 0 Å². The van der Waals surface area contributed by atoms with Crippen LogP contribution >= 0.6 is 11.8 Å². The second-order valence-electron chi connectivity index (χ2n) is 3.56. The van der Waals surface area contributed by atoms with Gasteiger partial charge in [0.05, 0.1) is 6.61 Å². The zero-order valence-corrected chi connectivity index (χ0v) is 8.93. The van der Waals surface area contributed by atoms with Crippen LogP contribution in [0.4, 0.5) is 0 Å². The largest absolute Gasteiger partial charge is 0.493 e. The van der Waals surface area contributed by atoms with E-state index in [0.717, 1.165) is 23.8 Å². The summed E-state index contributed by atoms with van der Waals surface area (Å²) in [7, 11) is 0. The first-order valence-corrected chi connectivity index (χ1v) is 6.03. The van der Waals surface area contributed by atoms with E-state index in [0.29, 0.717) is 6.54 Å². The molecule has 1 aliphatic rings. The minimum Gasteiger partial charge on any atom is -0.493 e. The summed E-state index contributed by atoms with van der Waals surface area (Å²) in [5, 5.41) is 0. The van der Waals surface area contributed by atoms with Gasteiger partial charge in [0.25, 0.3) is 0 Å². The summed E-state index contributed by atoms with van der Waals surface area (Å²) in [6, 6.07) is 8.03. The Kier molecular flexibility index (Phi) is 3.32. The Hall–Kier alpha value is -0.670. The van der Waals surface area contributed by atoms with Gasteiger partial charge in [-0.3, -0.25) is 0 Å². The van der Waals surface area contributed by atoms with Crippen molar-refractivity contribution < 1.29 is 4.74 Å².